The lowest BCUT2D eigenvalue weighted by Crippen LogP contribution is -2.52. The summed E-state index contributed by atoms with van der Waals surface area (Å²) in [5.41, 5.74) is 0. The summed E-state index contributed by atoms with van der Waals surface area (Å²) in [6.45, 7) is 8.20. The first-order valence-corrected chi connectivity index (χ1v) is 9.87. The van der Waals surface area contributed by atoms with Gasteiger partial charge in [-0.15, -0.1) is 35.3 Å². The summed E-state index contributed by atoms with van der Waals surface area (Å²) >= 11 is 1.82. The predicted molar refractivity (Wildman–Crippen MR) is 121 cm³/mol. The van der Waals surface area contributed by atoms with Crippen molar-refractivity contribution in [2.75, 3.05) is 44.7 Å². The average Bonchev–Trinajstić information content (AvgIpc) is 3.31. The Morgan fingerprint density at radius 3 is 2.69 bits per heavy atom. The number of aromatic nitrogens is 2. The number of aliphatic imine (C=N–C) groups is 1. The van der Waals surface area contributed by atoms with Crippen LogP contribution < -0.4 is 10.2 Å². The van der Waals surface area contributed by atoms with Crippen molar-refractivity contribution < 1.29 is 0 Å². The number of aryl methyl sites for hydroxylation is 2. The monoisotopic (exact) mass is 488 g/mol. The molecule has 26 heavy (non-hydrogen) atoms. The lowest BCUT2D eigenvalue weighted by Gasteiger charge is -2.37. The normalized spacial score (nSPS) is 15.1. The van der Waals surface area contributed by atoms with Crippen molar-refractivity contribution in [2.45, 2.75) is 26.3 Å². The number of hydrogen-bond acceptors (Lipinski definition) is 4. The smallest absolute Gasteiger partial charge is 0.193 e. The Balaban J connectivity index is 0.00000243. The zero-order valence-electron chi connectivity index (χ0n) is 15.6. The molecular weight excluding hydrogens is 459 g/mol. The second kappa shape index (κ2) is 10.8. The third-order valence-corrected chi connectivity index (χ3v) is 5.57. The molecule has 0 radical (unpaired) electrons. The van der Waals surface area contributed by atoms with Gasteiger partial charge in [-0.05, 0) is 37.3 Å². The summed E-state index contributed by atoms with van der Waals surface area (Å²) in [7, 11) is 1.88. The van der Waals surface area contributed by atoms with Gasteiger partial charge in [-0.3, -0.25) is 4.99 Å². The van der Waals surface area contributed by atoms with Crippen molar-refractivity contribution >= 4 is 46.3 Å². The van der Waals surface area contributed by atoms with Crippen LogP contribution in [-0.2, 0) is 6.54 Å². The van der Waals surface area contributed by atoms with Crippen LogP contribution in [0.2, 0.25) is 0 Å². The summed E-state index contributed by atoms with van der Waals surface area (Å²) in [6.07, 6.45) is 6.19. The molecule has 1 aliphatic heterocycles. The molecule has 0 atom stereocenters. The first kappa shape index (κ1) is 21.0. The molecule has 0 aromatic carbocycles. The Labute approximate surface area is 177 Å². The van der Waals surface area contributed by atoms with Crippen LogP contribution in [0.4, 0.5) is 5.00 Å². The predicted octanol–water partition coefficient (Wildman–Crippen LogP) is 3.05. The molecule has 2 aromatic heterocycles. The number of unbranched alkanes of at least 4 members (excludes halogenated alkanes) is 1. The number of halogens is 1. The van der Waals surface area contributed by atoms with E-state index >= 15 is 0 Å². The van der Waals surface area contributed by atoms with Crippen LogP contribution in [0.15, 0.2) is 34.9 Å². The lowest BCUT2D eigenvalue weighted by molar-refractivity contribution is 0.373. The molecular formula is C18H29IN6S. The van der Waals surface area contributed by atoms with Gasteiger partial charge in [0.15, 0.2) is 5.96 Å². The maximum Gasteiger partial charge on any atom is 0.193 e. The Bertz CT molecular complexity index is 661. The molecule has 0 saturated carbocycles. The van der Waals surface area contributed by atoms with E-state index in [1.54, 1.807) is 0 Å². The van der Waals surface area contributed by atoms with E-state index in [-0.39, 0.29) is 24.0 Å². The fourth-order valence-electron chi connectivity index (χ4n) is 3.17. The number of imidazole rings is 1. The van der Waals surface area contributed by atoms with Crippen LogP contribution in [0.5, 0.6) is 0 Å². The van der Waals surface area contributed by atoms with Crippen LogP contribution >= 0.6 is 35.3 Å². The van der Waals surface area contributed by atoms with Crippen molar-refractivity contribution in [1.29, 1.82) is 0 Å². The van der Waals surface area contributed by atoms with Crippen molar-refractivity contribution in [3.05, 3.63) is 35.7 Å². The number of piperazine rings is 1. The lowest BCUT2D eigenvalue weighted by atomic mass is 10.3. The van der Waals surface area contributed by atoms with Gasteiger partial charge in [-0.2, -0.15) is 0 Å². The van der Waals surface area contributed by atoms with Gasteiger partial charge in [0, 0.05) is 58.7 Å². The number of anilines is 1. The molecule has 3 heterocycles. The van der Waals surface area contributed by atoms with Crippen LogP contribution in [0.1, 0.15) is 18.7 Å². The molecule has 144 valence electrons. The van der Waals surface area contributed by atoms with Gasteiger partial charge < -0.3 is 19.7 Å². The Morgan fingerprint density at radius 1 is 1.27 bits per heavy atom. The third-order valence-electron chi connectivity index (χ3n) is 4.64. The molecule has 1 saturated heterocycles. The number of rotatable bonds is 6. The van der Waals surface area contributed by atoms with E-state index in [2.05, 4.69) is 60.3 Å². The molecule has 0 spiro atoms. The van der Waals surface area contributed by atoms with Crippen molar-refractivity contribution in [2.24, 2.45) is 4.99 Å². The summed E-state index contributed by atoms with van der Waals surface area (Å²) in [6, 6.07) is 4.33. The summed E-state index contributed by atoms with van der Waals surface area (Å²) in [5.74, 6) is 2.12. The highest BCUT2D eigenvalue weighted by Gasteiger charge is 2.19. The number of guanidine groups is 1. The maximum absolute atomic E-state index is 4.46. The second-order valence-electron chi connectivity index (χ2n) is 6.27. The highest BCUT2D eigenvalue weighted by molar-refractivity contribution is 14.0. The first-order chi connectivity index (χ1) is 12.3. The van der Waals surface area contributed by atoms with Gasteiger partial charge in [-0.25, -0.2) is 4.98 Å². The van der Waals surface area contributed by atoms with E-state index in [9.17, 15) is 0 Å². The van der Waals surface area contributed by atoms with Gasteiger partial charge in [-0.1, -0.05) is 0 Å². The minimum absolute atomic E-state index is 0. The number of nitrogens with zero attached hydrogens (tertiary/aromatic N) is 5. The number of nitrogens with one attached hydrogen (secondary N) is 1. The van der Waals surface area contributed by atoms with Crippen molar-refractivity contribution in [3.63, 3.8) is 0 Å². The Kier molecular flexibility index (Phi) is 8.70. The van der Waals surface area contributed by atoms with Gasteiger partial charge in [0.2, 0.25) is 0 Å². The summed E-state index contributed by atoms with van der Waals surface area (Å²) in [4.78, 5) is 13.5. The zero-order chi connectivity index (χ0) is 17.5. The molecule has 0 bridgehead atoms. The zero-order valence-corrected chi connectivity index (χ0v) is 18.7. The molecule has 8 heteroatoms. The van der Waals surface area contributed by atoms with E-state index in [1.165, 1.54) is 5.00 Å². The molecule has 2 aromatic rings. The van der Waals surface area contributed by atoms with E-state index in [4.69, 9.17) is 0 Å². The molecule has 1 aliphatic rings. The average molecular weight is 488 g/mol. The molecule has 1 N–H and O–H groups in total. The molecule has 0 amide bonds. The molecule has 0 unspecified atom stereocenters. The SMILES string of the molecule is CN=C(NCCCCn1ccnc1C)N1CCN(c2cccs2)CC1.I. The minimum Gasteiger partial charge on any atom is -0.360 e. The summed E-state index contributed by atoms with van der Waals surface area (Å²) < 4.78 is 2.21. The fraction of sp³-hybridized carbons (Fsp3) is 0.556. The molecule has 1 fully saturated rings. The molecule has 6 nitrogen and oxygen atoms in total. The third kappa shape index (κ3) is 5.60. The van der Waals surface area contributed by atoms with Crippen LogP contribution in [0.25, 0.3) is 0 Å². The summed E-state index contributed by atoms with van der Waals surface area (Å²) in [5, 5.41) is 7.04. The second-order valence-corrected chi connectivity index (χ2v) is 7.20. The van der Waals surface area contributed by atoms with Gasteiger partial charge >= 0.3 is 0 Å². The maximum atomic E-state index is 4.46. The Morgan fingerprint density at radius 2 is 2.08 bits per heavy atom. The van der Waals surface area contributed by atoms with E-state index in [1.807, 2.05) is 24.6 Å². The molecule has 0 aliphatic carbocycles. The fourth-order valence-corrected chi connectivity index (χ4v) is 3.95. The van der Waals surface area contributed by atoms with Crippen LogP contribution in [0, 0.1) is 6.92 Å². The van der Waals surface area contributed by atoms with E-state index < -0.39 is 0 Å². The van der Waals surface area contributed by atoms with Gasteiger partial charge in [0.25, 0.3) is 0 Å². The van der Waals surface area contributed by atoms with Crippen molar-refractivity contribution in [1.82, 2.24) is 19.8 Å². The highest BCUT2D eigenvalue weighted by atomic mass is 127. The standard InChI is InChI=1S/C18H28N6S.HI/c1-16-20-8-10-22(16)9-4-3-7-21-18(19-2)24-13-11-23(12-14-24)17-6-5-15-25-17;/h5-6,8,10,15H,3-4,7,9,11-14H2,1-2H3,(H,19,21);1H. The molecule has 3 rings (SSSR count). The Hall–Kier alpha value is -1.29. The van der Waals surface area contributed by atoms with Crippen molar-refractivity contribution in [3.8, 4) is 0 Å². The topological polar surface area (TPSA) is 48.7 Å². The van der Waals surface area contributed by atoms with Gasteiger partial charge in [0.05, 0.1) is 5.00 Å². The highest BCUT2D eigenvalue weighted by Crippen LogP contribution is 2.22. The van der Waals surface area contributed by atoms with Crippen LogP contribution in [-0.4, -0.2) is 60.2 Å². The van der Waals surface area contributed by atoms with E-state index in [0.29, 0.717) is 0 Å². The largest absolute Gasteiger partial charge is 0.360 e. The quantitative estimate of drug-likeness (QED) is 0.294. The number of hydrogen-bond donors (Lipinski definition) is 1. The van der Waals surface area contributed by atoms with E-state index in [0.717, 1.165) is 63.9 Å². The number of thiophene rings is 1. The van der Waals surface area contributed by atoms with Crippen LogP contribution in [0.3, 0.4) is 0 Å². The van der Waals surface area contributed by atoms with Gasteiger partial charge in [0.1, 0.15) is 5.82 Å². The first-order valence-electron chi connectivity index (χ1n) is 8.99. The minimum atomic E-state index is 0.